The number of aromatic nitrogens is 2. The number of amides is 1. The molecule has 0 fully saturated rings. The molecule has 1 aromatic heterocycles. The molecule has 0 aliphatic carbocycles. The minimum atomic E-state index is -0.397. The molecule has 25 heavy (non-hydrogen) atoms. The van der Waals surface area contributed by atoms with E-state index in [2.05, 4.69) is 36.5 Å². The Hall–Kier alpha value is -2.54. The van der Waals surface area contributed by atoms with Crippen LogP contribution in [0, 0.1) is 12.7 Å². The van der Waals surface area contributed by atoms with Crippen LogP contribution in [0.1, 0.15) is 12.0 Å². The van der Waals surface area contributed by atoms with Crippen LogP contribution in [0.4, 0.5) is 15.9 Å². The van der Waals surface area contributed by atoms with E-state index in [9.17, 15) is 9.18 Å². The Balaban J connectivity index is 1.62. The summed E-state index contributed by atoms with van der Waals surface area (Å²) in [4.78, 5) is 20.2. The van der Waals surface area contributed by atoms with Gasteiger partial charge in [0.15, 0.2) is 0 Å². The maximum absolute atomic E-state index is 13.7. The van der Waals surface area contributed by atoms with Crippen molar-refractivity contribution in [2.45, 2.75) is 13.3 Å². The van der Waals surface area contributed by atoms with E-state index in [1.54, 1.807) is 12.1 Å². The van der Waals surface area contributed by atoms with Gasteiger partial charge in [0.05, 0.1) is 0 Å². The third-order valence-electron chi connectivity index (χ3n) is 3.73. The predicted molar refractivity (Wildman–Crippen MR) is 100 cm³/mol. The van der Waals surface area contributed by atoms with Gasteiger partial charge < -0.3 is 10.6 Å². The first-order valence-electron chi connectivity index (χ1n) is 7.73. The summed E-state index contributed by atoms with van der Waals surface area (Å²) in [6.45, 7) is 2.31. The van der Waals surface area contributed by atoms with Crippen LogP contribution in [0.3, 0.4) is 0 Å². The number of carbonyl (C=O) groups is 1. The highest BCUT2D eigenvalue weighted by Crippen LogP contribution is 2.22. The van der Waals surface area contributed by atoms with E-state index in [4.69, 9.17) is 0 Å². The number of benzene rings is 2. The van der Waals surface area contributed by atoms with Crippen LogP contribution in [-0.2, 0) is 4.79 Å². The lowest BCUT2D eigenvalue weighted by Crippen LogP contribution is -2.17. The van der Waals surface area contributed by atoms with Gasteiger partial charge >= 0.3 is 0 Å². The van der Waals surface area contributed by atoms with Gasteiger partial charge in [-0.1, -0.05) is 28.1 Å². The van der Waals surface area contributed by atoms with Crippen LogP contribution in [0.25, 0.3) is 10.9 Å². The number of nitrogens with one attached hydrogen (secondary N) is 2. The van der Waals surface area contributed by atoms with E-state index in [0.717, 1.165) is 15.7 Å². The monoisotopic (exact) mass is 402 g/mol. The van der Waals surface area contributed by atoms with Crippen molar-refractivity contribution in [3.63, 3.8) is 0 Å². The molecule has 0 aliphatic heterocycles. The summed E-state index contributed by atoms with van der Waals surface area (Å²) in [5.41, 5.74) is 2.02. The summed E-state index contributed by atoms with van der Waals surface area (Å²) in [7, 11) is 0. The lowest BCUT2D eigenvalue weighted by Gasteiger charge is -2.10. The quantitative estimate of drug-likeness (QED) is 0.668. The molecule has 0 radical (unpaired) electrons. The Bertz CT molecular complexity index is 932. The molecule has 0 aliphatic rings. The number of rotatable bonds is 5. The van der Waals surface area contributed by atoms with Gasteiger partial charge in [0.2, 0.25) is 5.91 Å². The third-order valence-corrected chi connectivity index (χ3v) is 4.23. The van der Waals surface area contributed by atoms with Crippen LogP contribution in [0.2, 0.25) is 0 Å². The number of para-hydroxylation sites is 1. The van der Waals surface area contributed by atoms with Crippen molar-refractivity contribution in [2.75, 3.05) is 17.2 Å². The Kier molecular flexibility index (Phi) is 5.23. The zero-order chi connectivity index (χ0) is 17.8. The van der Waals surface area contributed by atoms with Crippen LogP contribution >= 0.6 is 15.9 Å². The highest BCUT2D eigenvalue weighted by atomic mass is 79.9. The van der Waals surface area contributed by atoms with Crippen LogP contribution in [0.15, 0.2) is 47.2 Å². The van der Waals surface area contributed by atoms with Crippen LogP contribution in [-0.4, -0.2) is 22.4 Å². The SMILES string of the molecule is Cc1ccc(Br)cc1NC(=O)CCNc1ncnc2c(F)cccc12. The zero-order valence-electron chi connectivity index (χ0n) is 13.5. The van der Waals surface area contributed by atoms with Crippen molar-refractivity contribution in [3.05, 3.63) is 58.6 Å². The zero-order valence-corrected chi connectivity index (χ0v) is 15.1. The second-order valence-electron chi connectivity index (χ2n) is 5.54. The van der Waals surface area contributed by atoms with E-state index in [1.807, 2.05) is 25.1 Å². The molecule has 2 N–H and O–H groups in total. The molecule has 128 valence electrons. The summed E-state index contributed by atoms with van der Waals surface area (Å²) in [6.07, 6.45) is 1.56. The van der Waals surface area contributed by atoms with E-state index in [1.165, 1.54) is 12.4 Å². The molecule has 1 heterocycles. The number of anilines is 2. The minimum Gasteiger partial charge on any atom is -0.369 e. The normalized spacial score (nSPS) is 10.7. The fraction of sp³-hybridized carbons (Fsp3) is 0.167. The number of aryl methyl sites for hydroxylation is 1. The third kappa shape index (κ3) is 4.11. The molecule has 5 nitrogen and oxygen atoms in total. The molecule has 0 atom stereocenters. The van der Waals surface area contributed by atoms with Crippen molar-refractivity contribution in [3.8, 4) is 0 Å². The second-order valence-corrected chi connectivity index (χ2v) is 6.46. The number of hydrogen-bond acceptors (Lipinski definition) is 4. The van der Waals surface area contributed by atoms with Crippen molar-refractivity contribution in [2.24, 2.45) is 0 Å². The summed E-state index contributed by atoms with van der Waals surface area (Å²) in [5, 5.41) is 6.54. The van der Waals surface area contributed by atoms with Gasteiger partial charge in [0, 0.05) is 28.5 Å². The topological polar surface area (TPSA) is 66.9 Å². The van der Waals surface area contributed by atoms with E-state index in [-0.39, 0.29) is 17.8 Å². The maximum atomic E-state index is 13.7. The Labute approximate surface area is 152 Å². The Morgan fingerprint density at radius 3 is 2.92 bits per heavy atom. The van der Waals surface area contributed by atoms with Gasteiger partial charge in [0.1, 0.15) is 23.5 Å². The molecule has 1 amide bonds. The number of hydrogen-bond donors (Lipinski definition) is 2. The van der Waals surface area contributed by atoms with E-state index in [0.29, 0.717) is 17.7 Å². The largest absolute Gasteiger partial charge is 0.369 e. The van der Waals surface area contributed by atoms with E-state index < -0.39 is 5.82 Å². The summed E-state index contributed by atoms with van der Waals surface area (Å²) < 4.78 is 14.6. The highest BCUT2D eigenvalue weighted by Gasteiger charge is 2.09. The van der Waals surface area contributed by atoms with E-state index >= 15 is 0 Å². The average molecular weight is 403 g/mol. The van der Waals surface area contributed by atoms with Crippen molar-refractivity contribution < 1.29 is 9.18 Å². The maximum Gasteiger partial charge on any atom is 0.226 e. The lowest BCUT2D eigenvalue weighted by atomic mass is 10.2. The molecule has 0 bridgehead atoms. The molecule has 3 rings (SSSR count). The number of nitrogens with zero attached hydrogens (tertiary/aromatic N) is 2. The highest BCUT2D eigenvalue weighted by molar-refractivity contribution is 9.10. The molecule has 0 saturated heterocycles. The summed E-state index contributed by atoms with van der Waals surface area (Å²) in [5.74, 6) is 0.00000105. The van der Waals surface area contributed by atoms with Gasteiger partial charge in [-0.15, -0.1) is 0 Å². The van der Waals surface area contributed by atoms with Crippen LogP contribution < -0.4 is 10.6 Å². The smallest absolute Gasteiger partial charge is 0.226 e. The van der Waals surface area contributed by atoms with Gasteiger partial charge in [0.25, 0.3) is 0 Å². The molecule has 3 aromatic rings. The number of fused-ring (bicyclic) bond motifs is 1. The first-order chi connectivity index (χ1) is 12.0. The van der Waals surface area contributed by atoms with Crippen LogP contribution in [0.5, 0.6) is 0 Å². The standard InChI is InChI=1S/C18H16BrFN4O/c1-11-5-6-12(19)9-15(11)24-16(25)7-8-21-18-13-3-2-4-14(20)17(13)22-10-23-18/h2-6,9-10H,7-8H2,1H3,(H,24,25)(H,21,22,23). The molecular weight excluding hydrogens is 387 g/mol. The number of carbonyl (C=O) groups excluding carboxylic acids is 1. The molecule has 0 spiro atoms. The predicted octanol–water partition coefficient (Wildman–Crippen LogP) is 4.28. The second kappa shape index (κ2) is 7.57. The average Bonchev–Trinajstić information content (AvgIpc) is 2.59. The molecule has 0 saturated carbocycles. The van der Waals surface area contributed by atoms with Gasteiger partial charge in [-0.05, 0) is 36.8 Å². The lowest BCUT2D eigenvalue weighted by molar-refractivity contribution is -0.115. The van der Waals surface area contributed by atoms with Gasteiger partial charge in [-0.2, -0.15) is 0 Å². The Morgan fingerprint density at radius 2 is 2.08 bits per heavy atom. The molecular formula is C18H16BrFN4O. The van der Waals surface area contributed by atoms with Crippen molar-refractivity contribution in [1.29, 1.82) is 0 Å². The first-order valence-corrected chi connectivity index (χ1v) is 8.53. The molecule has 0 unspecified atom stereocenters. The van der Waals surface area contributed by atoms with Crippen molar-refractivity contribution in [1.82, 2.24) is 9.97 Å². The first kappa shape index (κ1) is 17.3. The minimum absolute atomic E-state index is 0.113. The van der Waals surface area contributed by atoms with Gasteiger partial charge in [-0.3, -0.25) is 4.79 Å². The summed E-state index contributed by atoms with van der Waals surface area (Å²) >= 11 is 3.39. The van der Waals surface area contributed by atoms with Gasteiger partial charge in [-0.25, -0.2) is 14.4 Å². The summed E-state index contributed by atoms with van der Waals surface area (Å²) in [6, 6.07) is 10.4. The fourth-order valence-electron chi connectivity index (χ4n) is 2.43. The molecule has 2 aromatic carbocycles. The Morgan fingerprint density at radius 1 is 1.24 bits per heavy atom. The molecule has 7 heteroatoms. The van der Waals surface area contributed by atoms with Crippen molar-refractivity contribution >= 4 is 44.2 Å². The fourth-order valence-corrected chi connectivity index (χ4v) is 2.79. The number of halogens is 2.